The smallest absolute Gasteiger partial charge is 0.192 e. The van der Waals surface area contributed by atoms with Gasteiger partial charge in [-0.2, -0.15) is 0 Å². The molecule has 1 unspecified atom stereocenters. The molecule has 0 heterocycles. The summed E-state index contributed by atoms with van der Waals surface area (Å²) in [5.74, 6) is -1.98. The quantitative estimate of drug-likeness (QED) is 0.408. The van der Waals surface area contributed by atoms with Gasteiger partial charge in [0.1, 0.15) is 29.1 Å². The topological polar surface area (TPSA) is 125 Å². The van der Waals surface area contributed by atoms with Crippen molar-refractivity contribution in [2.24, 2.45) is 0 Å². The monoisotopic (exact) mass is 442 g/mol. The van der Waals surface area contributed by atoms with Crippen molar-refractivity contribution in [2.75, 3.05) is 31.1 Å². The molecule has 0 spiro atoms. The molecule has 8 heteroatoms. The SMILES string of the molecule is CCN(CC)C1=CC(=O)/C(=C2/C(O)=C(c3c(O)cc(N(CC)CC)cc3O)C2O)C(O)=C1. The van der Waals surface area contributed by atoms with E-state index in [1.807, 2.05) is 37.5 Å². The molecule has 32 heavy (non-hydrogen) atoms. The first-order chi connectivity index (χ1) is 15.2. The van der Waals surface area contributed by atoms with Crippen molar-refractivity contribution in [3.63, 3.8) is 0 Å². The van der Waals surface area contributed by atoms with Crippen LogP contribution in [0.5, 0.6) is 11.5 Å². The molecule has 1 aromatic carbocycles. The van der Waals surface area contributed by atoms with E-state index in [4.69, 9.17) is 0 Å². The summed E-state index contributed by atoms with van der Waals surface area (Å²) in [4.78, 5) is 16.5. The van der Waals surface area contributed by atoms with Crippen LogP contribution in [-0.2, 0) is 4.79 Å². The molecule has 172 valence electrons. The molecule has 1 atom stereocenters. The third kappa shape index (κ3) is 3.71. The number of carbonyl (C=O) groups is 1. The first-order valence-electron chi connectivity index (χ1n) is 10.8. The van der Waals surface area contributed by atoms with Crippen LogP contribution in [0.4, 0.5) is 5.69 Å². The third-order valence-corrected chi connectivity index (χ3v) is 6.00. The molecule has 5 N–H and O–H groups in total. The number of phenolic OH excluding ortho intramolecular Hbond substituents is 2. The fourth-order valence-electron chi connectivity index (χ4n) is 4.25. The minimum absolute atomic E-state index is 0.104. The van der Waals surface area contributed by atoms with E-state index in [-0.39, 0.29) is 39.5 Å². The highest BCUT2D eigenvalue weighted by Crippen LogP contribution is 2.49. The Kier molecular flexibility index (Phi) is 6.55. The molecular weight excluding hydrogens is 412 g/mol. The van der Waals surface area contributed by atoms with Gasteiger partial charge < -0.3 is 35.3 Å². The van der Waals surface area contributed by atoms with Crippen LogP contribution in [0.2, 0.25) is 0 Å². The van der Waals surface area contributed by atoms with Crippen molar-refractivity contribution < 1.29 is 30.3 Å². The van der Waals surface area contributed by atoms with E-state index in [0.29, 0.717) is 37.6 Å². The summed E-state index contributed by atoms with van der Waals surface area (Å²) in [6.07, 6.45) is 1.30. The molecule has 0 bridgehead atoms. The molecular formula is C24H30N2O6. The van der Waals surface area contributed by atoms with Crippen LogP contribution in [-0.4, -0.2) is 68.5 Å². The van der Waals surface area contributed by atoms with Crippen LogP contribution < -0.4 is 4.90 Å². The highest BCUT2D eigenvalue weighted by Gasteiger charge is 2.42. The van der Waals surface area contributed by atoms with Gasteiger partial charge in [-0.3, -0.25) is 4.79 Å². The predicted octanol–water partition coefficient (Wildman–Crippen LogP) is 3.13. The van der Waals surface area contributed by atoms with Gasteiger partial charge in [0.05, 0.1) is 11.1 Å². The summed E-state index contributed by atoms with van der Waals surface area (Å²) in [5.41, 5.74) is 0.586. The number of carbonyl (C=O) groups excluding carboxylic acids is 1. The molecule has 8 nitrogen and oxygen atoms in total. The molecule has 1 aromatic rings. The highest BCUT2D eigenvalue weighted by molar-refractivity contribution is 6.11. The Morgan fingerprint density at radius 3 is 1.78 bits per heavy atom. The fourth-order valence-corrected chi connectivity index (χ4v) is 4.25. The maximum atomic E-state index is 12.7. The van der Waals surface area contributed by atoms with E-state index >= 15 is 0 Å². The molecule has 0 saturated carbocycles. The maximum Gasteiger partial charge on any atom is 0.192 e. The number of phenols is 2. The minimum Gasteiger partial charge on any atom is -0.507 e. The zero-order valence-electron chi connectivity index (χ0n) is 18.8. The lowest BCUT2D eigenvalue weighted by Crippen LogP contribution is -2.32. The van der Waals surface area contributed by atoms with E-state index in [2.05, 4.69) is 0 Å². The van der Waals surface area contributed by atoms with Gasteiger partial charge in [-0.05, 0) is 27.7 Å². The summed E-state index contributed by atoms with van der Waals surface area (Å²) in [7, 11) is 0. The number of anilines is 1. The average molecular weight is 443 g/mol. The molecule has 2 aliphatic carbocycles. The normalized spacial score (nSPS) is 20.7. The number of aliphatic hydroxyl groups is 3. The van der Waals surface area contributed by atoms with Gasteiger partial charge in [0.15, 0.2) is 5.78 Å². The van der Waals surface area contributed by atoms with Gasteiger partial charge >= 0.3 is 0 Å². The van der Waals surface area contributed by atoms with Crippen LogP contribution >= 0.6 is 0 Å². The third-order valence-electron chi connectivity index (χ3n) is 6.00. The minimum atomic E-state index is -1.47. The van der Waals surface area contributed by atoms with Crippen molar-refractivity contribution in [2.45, 2.75) is 33.8 Å². The lowest BCUT2D eigenvalue weighted by atomic mass is 9.77. The Hall–Kier alpha value is -3.39. The Bertz CT molecular complexity index is 1040. The molecule has 0 amide bonds. The zero-order valence-corrected chi connectivity index (χ0v) is 18.8. The molecule has 0 aromatic heterocycles. The van der Waals surface area contributed by atoms with Crippen LogP contribution in [0.15, 0.2) is 52.6 Å². The van der Waals surface area contributed by atoms with Crippen LogP contribution in [0.3, 0.4) is 0 Å². The number of aromatic hydroxyl groups is 2. The zero-order chi connectivity index (χ0) is 23.7. The molecule has 0 radical (unpaired) electrons. The second kappa shape index (κ2) is 9.00. The Balaban J connectivity index is 2.05. The largest absolute Gasteiger partial charge is 0.507 e. The number of allylic oxidation sites excluding steroid dienone is 3. The molecule has 3 rings (SSSR count). The van der Waals surface area contributed by atoms with E-state index in [1.54, 1.807) is 0 Å². The molecule has 0 saturated heterocycles. The first-order valence-corrected chi connectivity index (χ1v) is 10.8. The molecule has 2 aliphatic rings. The number of rotatable bonds is 7. The second-order valence-electron chi connectivity index (χ2n) is 7.62. The number of aliphatic hydroxyl groups excluding tert-OH is 3. The van der Waals surface area contributed by atoms with E-state index in [9.17, 15) is 30.3 Å². The molecule has 0 fully saturated rings. The maximum absolute atomic E-state index is 12.7. The van der Waals surface area contributed by atoms with Gasteiger partial charge in [-0.15, -0.1) is 0 Å². The summed E-state index contributed by atoms with van der Waals surface area (Å²) in [5, 5.41) is 53.0. The lowest BCUT2D eigenvalue weighted by Gasteiger charge is -2.33. The number of hydrogen-bond donors (Lipinski definition) is 5. The van der Waals surface area contributed by atoms with E-state index < -0.39 is 17.6 Å². The van der Waals surface area contributed by atoms with Crippen LogP contribution in [0, 0.1) is 0 Å². The van der Waals surface area contributed by atoms with Gasteiger partial charge in [0.25, 0.3) is 0 Å². The van der Waals surface area contributed by atoms with Crippen molar-refractivity contribution in [3.8, 4) is 11.5 Å². The van der Waals surface area contributed by atoms with Gasteiger partial charge in [0, 0.05) is 73.0 Å². The van der Waals surface area contributed by atoms with Gasteiger partial charge in [-0.25, -0.2) is 0 Å². The van der Waals surface area contributed by atoms with E-state index in [1.165, 1.54) is 24.3 Å². The number of hydrogen-bond acceptors (Lipinski definition) is 8. The van der Waals surface area contributed by atoms with Gasteiger partial charge in [-0.1, -0.05) is 0 Å². The summed E-state index contributed by atoms with van der Waals surface area (Å²) >= 11 is 0. The predicted molar refractivity (Wildman–Crippen MR) is 123 cm³/mol. The number of ketones is 1. The van der Waals surface area contributed by atoms with Gasteiger partial charge in [0.2, 0.25) is 0 Å². The van der Waals surface area contributed by atoms with E-state index in [0.717, 1.165) is 0 Å². The van der Waals surface area contributed by atoms with Crippen molar-refractivity contribution in [1.29, 1.82) is 0 Å². The Morgan fingerprint density at radius 1 is 0.812 bits per heavy atom. The Labute approximate surface area is 187 Å². The van der Waals surface area contributed by atoms with Crippen molar-refractivity contribution in [1.82, 2.24) is 4.90 Å². The Morgan fingerprint density at radius 2 is 1.34 bits per heavy atom. The number of likely N-dealkylation sites (N-methyl/N-ethyl adjacent to an activating group) is 1. The van der Waals surface area contributed by atoms with Crippen molar-refractivity contribution >= 4 is 17.0 Å². The summed E-state index contributed by atoms with van der Waals surface area (Å²) < 4.78 is 0. The average Bonchev–Trinajstić information content (AvgIpc) is 2.75. The summed E-state index contributed by atoms with van der Waals surface area (Å²) in [6.45, 7) is 10.3. The van der Waals surface area contributed by atoms with Crippen molar-refractivity contribution in [3.05, 3.63) is 58.2 Å². The molecule has 0 aliphatic heterocycles. The second-order valence-corrected chi connectivity index (χ2v) is 7.62. The lowest BCUT2D eigenvalue weighted by molar-refractivity contribution is -0.111. The standard InChI is InChI=1S/C24H30N2O6/c1-5-25(6-2)13-9-15(27)19(16(28)10-13)21-23(31)22(24(21)32)20-17(29)11-14(12-18(20)30)26(7-3)8-4/h9-12,23,27-29,31-32H,5-8H2,1-4H3/b22-20+. The highest BCUT2D eigenvalue weighted by atomic mass is 16.3. The summed E-state index contributed by atoms with van der Waals surface area (Å²) in [6, 6.07) is 2.89. The van der Waals surface area contributed by atoms with Crippen LogP contribution in [0.25, 0.3) is 5.57 Å². The fraction of sp³-hybridized carbons (Fsp3) is 0.375. The number of benzene rings is 1. The van der Waals surface area contributed by atoms with Crippen LogP contribution in [0.1, 0.15) is 33.3 Å². The first kappa shape index (κ1) is 23.3. The number of nitrogens with zero attached hydrogens (tertiary/aromatic N) is 2.